The van der Waals surface area contributed by atoms with Crippen molar-refractivity contribution in [2.75, 3.05) is 0 Å². The number of hydrogen-bond acceptors (Lipinski definition) is 0. The third-order valence-electron chi connectivity index (χ3n) is 1.59. The fourth-order valence-corrected chi connectivity index (χ4v) is 2.50. The summed E-state index contributed by atoms with van der Waals surface area (Å²) in [6, 6.07) is 9.02. The zero-order chi connectivity index (χ0) is 8.27. The molecule has 0 spiro atoms. The molecule has 0 aliphatic rings. The van der Waals surface area contributed by atoms with Crippen LogP contribution in [0.15, 0.2) is 24.3 Å². The molecule has 1 aromatic carbocycles. The molecule has 11 heavy (non-hydrogen) atoms. The molecule has 1 radical (unpaired) electrons. The van der Waals surface area contributed by atoms with Crippen LogP contribution in [0.1, 0.15) is 11.1 Å². The van der Waals surface area contributed by atoms with Crippen LogP contribution in [-0.4, -0.2) is 7.42 Å². The Balaban J connectivity index is 2.78. The molecule has 0 N–H and O–H groups in total. The van der Waals surface area contributed by atoms with E-state index in [4.69, 9.17) is 22.2 Å². The zero-order valence-corrected chi connectivity index (χ0v) is 8.78. The highest BCUT2D eigenvalue weighted by Gasteiger charge is 2.05. The first-order chi connectivity index (χ1) is 5.20. The average molecular weight is 204 g/mol. The lowest BCUT2D eigenvalue weighted by Gasteiger charge is -2.02. The SMILES string of the molecule is Cc1ccccc1C[Si](Cl)Cl. The lowest BCUT2D eigenvalue weighted by atomic mass is 10.1. The Hall–Kier alpha value is 0.0169. The quantitative estimate of drug-likeness (QED) is 0.513. The highest BCUT2D eigenvalue weighted by atomic mass is 35.7. The van der Waals surface area contributed by atoms with Gasteiger partial charge in [0.25, 0.3) is 7.42 Å². The van der Waals surface area contributed by atoms with E-state index in [1.807, 2.05) is 12.1 Å². The van der Waals surface area contributed by atoms with Crippen LogP contribution in [0.3, 0.4) is 0 Å². The highest BCUT2D eigenvalue weighted by molar-refractivity contribution is 7.33. The molecule has 0 amide bonds. The Labute approximate surface area is 78.2 Å². The van der Waals surface area contributed by atoms with E-state index in [2.05, 4.69) is 19.1 Å². The average Bonchev–Trinajstić information content (AvgIpc) is 1.93. The van der Waals surface area contributed by atoms with E-state index in [-0.39, 0.29) is 0 Å². The molecule has 0 fully saturated rings. The molecule has 0 atom stereocenters. The van der Waals surface area contributed by atoms with Gasteiger partial charge in [0, 0.05) is 0 Å². The Kier molecular flexibility index (Phi) is 3.43. The lowest BCUT2D eigenvalue weighted by Crippen LogP contribution is -2.00. The molecular formula is C8H9Cl2Si. The number of halogens is 2. The molecule has 0 saturated carbocycles. The van der Waals surface area contributed by atoms with Crippen LogP contribution in [-0.2, 0) is 6.04 Å². The van der Waals surface area contributed by atoms with Crippen LogP contribution in [0.2, 0.25) is 0 Å². The Morgan fingerprint density at radius 2 is 1.91 bits per heavy atom. The zero-order valence-electron chi connectivity index (χ0n) is 6.27. The predicted octanol–water partition coefficient (Wildman–Crippen LogP) is 3.04. The molecule has 0 heterocycles. The van der Waals surface area contributed by atoms with Crippen molar-refractivity contribution in [1.82, 2.24) is 0 Å². The molecule has 0 unspecified atom stereocenters. The smallest absolute Gasteiger partial charge is 0.146 e. The first-order valence-corrected chi connectivity index (χ1v) is 7.14. The van der Waals surface area contributed by atoms with Crippen LogP contribution in [0.4, 0.5) is 0 Å². The van der Waals surface area contributed by atoms with Crippen LogP contribution in [0.5, 0.6) is 0 Å². The molecule has 59 valence electrons. The Morgan fingerprint density at radius 1 is 1.27 bits per heavy atom. The molecule has 1 aromatic rings. The summed E-state index contributed by atoms with van der Waals surface area (Å²) in [6.07, 6.45) is 0. The maximum Gasteiger partial charge on any atom is 0.278 e. The van der Waals surface area contributed by atoms with Crippen molar-refractivity contribution in [3.8, 4) is 0 Å². The van der Waals surface area contributed by atoms with Gasteiger partial charge in [-0.25, -0.2) is 0 Å². The van der Waals surface area contributed by atoms with Crippen molar-refractivity contribution in [3.63, 3.8) is 0 Å². The van der Waals surface area contributed by atoms with Gasteiger partial charge in [-0.15, -0.1) is 22.2 Å². The second kappa shape index (κ2) is 4.15. The van der Waals surface area contributed by atoms with E-state index in [9.17, 15) is 0 Å². The predicted molar refractivity (Wildman–Crippen MR) is 52.3 cm³/mol. The monoisotopic (exact) mass is 203 g/mol. The summed E-state index contributed by atoms with van der Waals surface area (Å²) in [4.78, 5) is 0. The van der Waals surface area contributed by atoms with Crippen LogP contribution >= 0.6 is 22.2 Å². The van der Waals surface area contributed by atoms with Crippen molar-refractivity contribution in [1.29, 1.82) is 0 Å². The molecule has 0 bridgehead atoms. The van der Waals surface area contributed by atoms with Crippen LogP contribution in [0.25, 0.3) is 0 Å². The van der Waals surface area contributed by atoms with Gasteiger partial charge >= 0.3 is 0 Å². The fraction of sp³-hybridized carbons (Fsp3) is 0.250. The normalized spacial score (nSPS) is 10.5. The van der Waals surface area contributed by atoms with Gasteiger partial charge in [0.1, 0.15) is 0 Å². The van der Waals surface area contributed by atoms with Gasteiger partial charge in [-0.2, -0.15) is 0 Å². The molecule has 0 aliphatic carbocycles. The van der Waals surface area contributed by atoms with Crippen molar-refractivity contribution in [2.45, 2.75) is 13.0 Å². The third-order valence-corrected chi connectivity index (χ3v) is 3.04. The van der Waals surface area contributed by atoms with Gasteiger partial charge in [-0.1, -0.05) is 24.3 Å². The summed E-state index contributed by atoms with van der Waals surface area (Å²) in [5.74, 6) is 0. The van der Waals surface area contributed by atoms with Crippen molar-refractivity contribution in [2.24, 2.45) is 0 Å². The second-order valence-electron chi connectivity index (χ2n) is 2.44. The lowest BCUT2D eigenvalue weighted by molar-refractivity contribution is 1.29. The number of benzene rings is 1. The van der Waals surface area contributed by atoms with Gasteiger partial charge in [-0.3, -0.25) is 0 Å². The van der Waals surface area contributed by atoms with Crippen molar-refractivity contribution >= 4 is 29.6 Å². The largest absolute Gasteiger partial charge is 0.278 e. The summed E-state index contributed by atoms with van der Waals surface area (Å²) in [6.45, 7) is 2.08. The van der Waals surface area contributed by atoms with Crippen LogP contribution in [0, 0.1) is 6.92 Å². The maximum atomic E-state index is 5.75. The highest BCUT2D eigenvalue weighted by Crippen LogP contribution is 2.12. The van der Waals surface area contributed by atoms with E-state index < -0.39 is 7.42 Å². The minimum Gasteiger partial charge on any atom is -0.146 e. The summed E-state index contributed by atoms with van der Waals surface area (Å²) in [7, 11) is -1.16. The number of aryl methyl sites for hydroxylation is 1. The minimum atomic E-state index is -1.16. The van der Waals surface area contributed by atoms with Gasteiger partial charge < -0.3 is 0 Å². The van der Waals surface area contributed by atoms with Gasteiger partial charge in [0.2, 0.25) is 0 Å². The summed E-state index contributed by atoms with van der Waals surface area (Å²) in [5, 5.41) is 0. The topological polar surface area (TPSA) is 0 Å². The first-order valence-electron chi connectivity index (χ1n) is 3.41. The first kappa shape index (κ1) is 9.11. The van der Waals surface area contributed by atoms with Gasteiger partial charge in [-0.05, 0) is 24.1 Å². The van der Waals surface area contributed by atoms with E-state index in [1.165, 1.54) is 11.1 Å². The Morgan fingerprint density at radius 3 is 2.45 bits per heavy atom. The van der Waals surface area contributed by atoms with E-state index in [0.29, 0.717) is 0 Å². The van der Waals surface area contributed by atoms with E-state index in [1.54, 1.807) is 0 Å². The second-order valence-corrected chi connectivity index (χ2v) is 6.79. The van der Waals surface area contributed by atoms with E-state index in [0.717, 1.165) is 6.04 Å². The van der Waals surface area contributed by atoms with E-state index >= 15 is 0 Å². The fourth-order valence-electron chi connectivity index (χ4n) is 0.952. The molecule has 3 heteroatoms. The third kappa shape index (κ3) is 2.85. The molecule has 0 nitrogen and oxygen atoms in total. The summed E-state index contributed by atoms with van der Waals surface area (Å²) in [5.41, 5.74) is 2.54. The minimum absolute atomic E-state index is 0.834. The summed E-state index contributed by atoms with van der Waals surface area (Å²) < 4.78 is 0. The number of rotatable bonds is 2. The molecular weight excluding hydrogens is 195 g/mol. The van der Waals surface area contributed by atoms with Crippen LogP contribution < -0.4 is 0 Å². The van der Waals surface area contributed by atoms with Crippen molar-refractivity contribution < 1.29 is 0 Å². The molecule has 1 rings (SSSR count). The van der Waals surface area contributed by atoms with Gasteiger partial charge in [0.05, 0.1) is 0 Å². The number of hydrogen-bond donors (Lipinski definition) is 0. The molecule has 0 aliphatic heterocycles. The van der Waals surface area contributed by atoms with Crippen molar-refractivity contribution in [3.05, 3.63) is 35.4 Å². The standard InChI is InChI=1S/C8H9Cl2Si/c1-7-4-2-3-5-8(7)6-11(9)10/h2-5H,6H2,1H3. The molecule has 0 aromatic heterocycles. The van der Waals surface area contributed by atoms with Gasteiger partial charge in [0.15, 0.2) is 0 Å². The Bertz CT molecular complexity index is 235. The molecule has 0 saturated heterocycles. The summed E-state index contributed by atoms with van der Waals surface area (Å²) >= 11 is 11.5. The maximum absolute atomic E-state index is 5.75.